The number of hydrogen-bond donors (Lipinski definition) is 1. The molecule has 1 aromatic rings. The molecule has 3 nitrogen and oxygen atoms in total. The number of carbonyl (C=O) groups is 1. The minimum atomic E-state index is -0.0958. The Labute approximate surface area is 106 Å². The van der Waals surface area contributed by atoms with Crippen LogP contribution in [0.4, 0.5) is 0 Å². The first kappa shape index (κ1) is 12.5. The zero-order valence-electron chi connectivity index (χ0n) is 10.0. The van der Waals surface area contributed by atoms with E-state index < -0.39 is 0 Å². The molecular formula is C13H18N2OS. The lowest BCUT2D eigenvalue weighted by molar-refractivity contribution is -0.129. The number of amides is 1. The summed E-state index contributed by atoms with van der Waals surface area (Å²) < 4.78 is 0. The summed E-state index contributed by atoms with van der Waals surface area (Å²) in [7, 11) is 0. The van der Waals surface area contributed by atoms with Gasteiger partial charge in [-0.05, 0) is 18.2 Å². The Hall–Kier alpha value is -1.00. The fraction of sp³-hybridized carbons (Fsp3) is 0.462. The Balaban J connectivity index is 2.11. The molecule has 2 N–H and O–H groups in total. The summed E-state index contributed by atoms with van der Waals surface area (Å²) in [4.78, 5) is 14.3. The van der Waals surface area contributed by atoms with Crippen molar-refractivity contribution >= 4 is 17.7 Å². The van der Waals surface area contributed by atoms with Crippen LogP contribution in [0, 0.1) is 0 Å². The molecule has 1 saturated heterocycles. The molecule has 0 aliphatic carbocycles. The third kappa shape index (κ3) is 2.82. The minimum absolute atomic E-state index is 0.0958. The van der Waals surface area contributed by atoms with Crippen LogP contribution < -0.4 is 5.73 Å². The highest BCUT2D eigenvalue weighted by atomic mass is 32.2. The van der Waals surface area contributed by atoms with Gasteiger partial charge in [0.2, 0.25) is 5.91 Å². The van der Waals surface area contributed by atoms with E-state index in [1.165, 1.54) is 0 Å². The van der Waals surface area contributed by atoms with Crippen LogP contribution >= 0.6 is 11.8 Å². The molecule has 1 aliphatic rings. The molecule has 4 heteroatoms. The van der Waals surface area contributed by atoms with Crippen molar-refractivity contribution in [1.29, 1.82) is 0 Å². The number of nitrogens with two attached hydrogens (primary N) is 1. The van der Waals surface area contributed by atoms with Crippen molar-refractivity contribution in [3.05, 3.63) is 35.9 Å². The fourth-order valence-electron chi connectivity index (χ4n) is 2.16. The van der Waals surface area contributed by atoms with Gasteiger partial charge in [0.15, 0.2) is 0 Å². The number of benzene rings is 1. The highest BCUT2D eigenvalue weighted by Gasteiger charge is 2.29. The predicted octanol–water partition coefficient (Wildman–Crippen LogP) is 1.65. The van der Waals surface area contributed by atoms with E-state index in [4.69, 9.17) is 5.73 Å². The van der Waals surface area contributed by atoms with Gasteiger partial charge in [-0.2, -0.15) is 0 Å². The molecule has 92 valence electrons. The smallest absolute Gasteiger partial charge is 0.240 e. The molecule has 1 aliphatic heterocycles. The summed E-state index contributed by atoms with van der Waals surface area (Å²) >= 11 is 1.59. The van der Waals surface area contributed by atoms with Crippen LogP contribution in [0.1, 0.15) is 17.2 Å². The summed E-state index contributed by atoms with van der Waals surface area (Å²) in [6, 6.07) is 10.1. The molecule has 0 saturated carbocycles. The molecule has 0 bridgehead atoms. The van der Waals surface area contributed by atoms with E-state index in [-0.39, 0.29) is 17.2 Å². The Morgan fingerprint density at radius 1 is 1.47 bits per heavy atom. The second kappa shape index (κ2) is 5.56. The van der Waals surface area contributed by atoms with E-state index >= 15 is 0 Å². The van der Waals surface area contributed by atoms with Gasteiger partial charge in [-0.3, -0.25) is 4.79 Å². The molecule has 0 radical (unpaired) electrons. The number of carbonyl (C=O) groups excluding carboxylic acids is 1. The van der Waals surface area contributed by atoms with E-state index in [0.717, 1.165) is 18.5 Å². The Bertz CT molecular complexity index is 382. The van der Waals surface area contributed by atoms with E-state index in [0.29, 0.717) is 6.54 Å². The monoisotopic (exact) mass is 250 g/mol. The van der Waals surface area contributed by atoms with E-state index in [2.05, 4.69) is 0 Å². The van der Waals surface area contributed by atoms with Crippen molar-refractivity contribution < 1.29 is 4.79 Å². The topological polar surface area (TPSA) is 46.3 Å². The van der Waals surface area contributed by atoms with Crippen molar-refractivity contribution in [2.45, 2.75) is 17.7 Å². The molecule has 1 heterocycles. The van der Waals surface area contributed by atoms with Crippen LogP contribution in [0.2, 0.25) is 0 Å². The second-order valence-corrected chi connectivity index (χ2v) is 5.30. The third-order valence-corrected chi connectivity index (χ3v) is 4.04. The zero-order valence-corrected chi connectivity index (χ0v) is 10.8. The van der Waals surface area contributed by atoms with Crippen LogP contribution in [-0.2, 0) is 4.79 Å². The maximum absolute atomic E-state index is 12.4. The first-order valence-electron chi connectivity index (χ1n) is 5.84. The number of rotatable bonds is 3. The predicted molar refractivity (Wildman–Crippen MR) is 71.9 cm³/mol. The molecule has 1 fully saturated rings. The van der Waals surface area contributed by atoms with Crippen molar-refractivity contribution in [3.63, 3.8) is 0 Å². The summed E-state index contributed by atoms with van der Waals surface area (Å²) in [6.07, 6.45) is 2.90. The fourth-order valence-corrected chi connectivity index (χ4v) is 2.94. The van der Waals surface area contributed by atoms with Gasteiger partial charge in [0.05, 0.1) is 0 Å². The van der Waals surface area contributed by atoms with Crippen LogP contribution in [-0.4, -0.2) is 36.2 Å². The van der Waals surface area contributed by atoms with Gasteiger partial charge in [0, 0.05) is 19.1 Å². The summed E-state index contributed by atoms with van der Waals surface area (Å²) in [5, 5.41) is -0.0958. The van der Waals surface area contributed by atoms with Crippen molar-refractivity contribution in [1.82, 2.24) is 4.90 Å². The van der Waals surface area contributed by atoms with Crippen LogP contribution in [0.3, 0.4) is 0 Å². The Morgan fingerprint density at radius 2 is 2.18 bits per heavy atom. The van der Waals surface area contributed by atoms with E-state index in [1.54, 1.807) is 11.8 Å². The van der Waals surface area contributed by atoms with Gasteiger partial charge >= 0.3 is 0 Å². The second-order valence-electron chi connectivity index (χ2n) is 4.36. The number of likely N-dealkylation sites (tertiary alicyclic amines) is 1. The van der Waals surface area contributed by atoms with E-state index in [1.807, 2.05) is 41.5 Å². The summed E-state index contributed by atoms with van der Waals surface area (Å²) in [6.45, 7) is 1.49. The number of hydrogen-bond acceptors (Lipinski definition) is 3. The molecule has 2 rings (SSSR count). The molecule has 0 aromatic heterocycles. The molecule has 1 amide bonds. The number of thioether (sulfide) groups is 1. The maximum Gasteiger partial charge on any atom is 0.240 e. The highest BCUT2D eigenvalue weighted by molar-refractivity contribution is 7.99. The summed E-state index contributed by atoms with van der Waals surface area (Å²) in [5.41, 5.74) is 6.92. The largest absolute Gasteiger partial charge is 0.340 e. The van der Waals surface area contributed by atoms with Crippen molar-refractivity contribution in [2.24, 2.45) is 5.73 Å². The van der Waals surface area contributed by atoms with Crippen LogP contribution in [0.25, 0.3) is 0 Å². The van der Waals surface area contributed by atoms with Crippen molar-refractivity contribution in [3.8, 4) is 0 Å². The molecule has 0 unspecified atom stereocenters. The van der Waals surface area contributed by atoms with Gasteiger partial charge in [-0.25, -0.2) is 0 Å². The van der Waals surface area contributed by atoms with Gasteiger partial charge in [-0.15, -0.1) is 11.8 Å². The highest BCUT2D eigenvalue weighted by Crippen LogP contribution is 2.29. The SMILES string of the molecule is CS[C@H](C(=O)N1CC[C@@H](N)C1)c1ccccc1. The van der Waals surface area contributed by atoms with Gasteiger partial charge in [0.1, 0.15) is 5.25 Å². The van der Waals surface area contributed by atoms with Crippen LogP contribution in [0.5, 0.6) is 0 Å². The van der Waals surface area contributed by atoms with Crippen LogP contribution in [0.15, 0.2) is 30.3 Å². The Morgan fingerprint density at radius 3 is 2.71 bits per heavy atom. The normalized spacial score (nSPS) is 21.5. The summed E-state index contributed by atoms with van der Waals surface area (Å²) in [5.74, 6) is 0.191. The third-order valence-electron chi connectivity index (χ3n) is 3.10. The lowest BCUT2D eigenvalue weighted by atomic mass is 10.1. The molecule has 17 heavy (non-hydrogen) atoms. The number of nitrogens with zero attached hydrogens (tertiary/aromatic N) is 1. The minimum Gasteiger partial charge on any atom is -0.340 e. The maximum atomic E-state index is 12.4. The van der Waals surface area contributed by atoms with Gasteiger partial charge in [-0.1, -0.05) is 30.3 Å². The Kier molecular flexibility index (Phi) is 4.07. The lowest BCUT2D eigenvalue weighted by Crippen LogP contribution is -2.34. The average Bonchev–Trinajstić information content (AvgIpc) is 2.78. The van der Waals surface area contributed by atoms with Gasteiger partial charge < -0.3 is 10.6 Å². The van der Waals surface area contributed by atoms with Gasteiger partial charge in [0.25, 0.3) is 0 Å². The van der Waals surface area contributed by atoms with Crippen molar-refractivity contribution in [2.75, 3.05) is 19.3 Å². The molecule has 2 atom stereocenters. The first-order chi connectivity index (χ1) is 8.22. The zero-order chi connectivity index (χ0) is 12.3. The molecule has 0 spiro atoms. The first-order valence-corrected chi connectivity index (χ1v) is 7.13. The standard InChI is InChI=1S/C13H18N2OS/c1-17-12(10-5-3-2-4-6-10)13(16)15-8-7-11(14)9-15/h2-6,11-12H,7-9,14H2,1H3/t11-,12+/m1/s1. The lowest BCUT2D eigenvalue weighted by Gasteiger charge is -2.22. The van der Waals surface area contributed by atoms with E-state index in [9.17, 15) is 4.79 Å². The molecular weight excluding hydrogens is 232 g/mol. The molecule has 1 aromatic carbocycles. The quantitative estimate of drug-likeness (QED) is 0.887. The average molecular weight is 250 g/mol.